The molecule has 0 atom stereocenters. The monoisotopic (exact) mass is 346 g/mol. The Labute approximate surface area is 143 Å². The summed E-state index contributed by atoms with van der Waals surface area (Å²) in [5.74, 6) is -0.0903. The minimum absolute atomic E-state index is 0.0364. The zero-order chi connectivity index (χ0) is 17.4. The Morgan fingerprint density at radius 2 is 1.54 bits per heavy atom. The van der Waals surface area contributed by atoms with Crippen LogP contribution in [0.3, 0.4) is 0 Å². The maximum absolute atomic E-state index is 11.9. The lowest BCUT2D eigenvalue weighted by atomic mass is 10.0. The van der Waals surface area contributed by atoms with E-state index in [-0.39, 0.29) is 31.2 Å². The highest BCUT2D eigenvalue weighted by Crippen LogP contribution is 2.19. The van der Waals surface area contributed by atoms with Crippen molar-refractivity contribution < 1.29 is 13.2 Å². The summed E-state index contributed by atoms with van der Waals surface area (Å²) in [4.78, 5) is 11.9. The second-order valence-electron chi connectivity index (χ2n) is 5.39. The normalized spacial score (nSPS) is 11.2. The first-order valence-electron chi connectivity index (χ1n) is 7.88. The van der Waals surface area contributed by atoms with E-state index in [2.05, 4.69) is 10.0 Å². The van der Waals surface area contributed by atoms with Crippen LogP contribution >= 0.6 is 0 Å². The molecule has 0 saturated carbocycles. The lowest BCUT2D eigenvalue weighted by Crippen LogP contribution is -2.35. The third kappa shape index (κ3) is 5.79. The SMILES string of the molecule is CCS(=O)(=O)NCCNC(=O)Cc1ccc(-c2ccccc2)cc1. The van der Waals surface area contributed by atoms with Crippen molar-refractivity contribution in [1.82, 2.24) is 10.0 Å². The van der Waals surface area contributed by atoms with Crippen molar-refractivity contribution in [3.8, 4) is 11.1 Å². The van der Waals surface area contributed by atoms with Gasteiger partial charge in [0.05, 0.1) is 12.2 Å². The first-order chi connectivity index (χ1) is 11.5. The van der Waals surface area contributed by atoms with Gasteiger partial charge in [0, 0.05) is 13.1 Å². The van der Waals surface area contributed by atoms with Crippen molar-refractivity contribution in [2.24, 2.45) is 0 Å². The number of hydrogen-bond acceptors (Lipinski definition) is 3. The predicted octanol–water partition coefficient (Wildman–Crippen LogP) is 1.95. The van der Waals surface area contributed by atoms with Crippen molar-refractivity contribution in [2.75, 3.05) is 18.8 Å². The molecule has 0 aliphatic carbocycles. The van der Waals surface area contributed by atoms with Crippen LogP contribution in [-0.4, -0.2) is 33.2 Å². The summed E-state index contributed by atoms with van der Waals surface area (Å²) in [6.07, 6.45) is 0.273. The molecule has 0 aliphatic heterocycles. The summed E-state index contributed by atoms with van der Waals surface area (Å²) in [7, 11) is -3.21. The smallest absolute Gasteiger partial charge is 0.224 e. The van der Waals surface area contributed by atoms with Crippen LogP contribution in [0.4, 0.5) is 0 Å². The van der Waals surface area contributed by atoms with E-state index >= 15 is 0 Å². The van der Waals surface area contributed by atoms with E-state index in [1.807, 2.05) is 54.6 Å². The molecule has 24 heavy (non-hydrogen) atoms. The molecule has 0 aromatic heterocycles. The van der Waals surface area contributed by atoms with Crippen LogP contribution in [0.5, 0.6) is 0 Å². The average molecular weight is 346 g/mol. The largest absolute Gasteiger partial charge is 0.355 e. The van der Waals surface area contributed by atoms with Crippen LogP contribution in [0.2, 0.25) is 0 Å². The molecule has 0 heterocycles. The van der Waals surface area contributed by atoms with Gasteiger partial charge in [0.1, 0.15) is 0 Å². The Bertz CT molecular complexity index is 757. The number of carbonyl (C=O) groups is 1. The second kappa shape index (κ2) is 8.61. The first kappa shape index (κ1) is 18.2. The van der Waals surface area contributed by atoms with Crippen LogP contribution < -0.4 is 10.0 Å². The summed E-state index contributed by atoms with van der Waals surface area (Å²) in [5, 5.41) is 2.71. The second-order valence-corrected chi connectivity index (χ2v) is 7.48. The Hall–Kier alpha value is -2.18. The van der Waals surface area contributed by atoms with Crippen LogP contribution in [-0.2, 0) is 21.2 Å². The molecule has 0 aliphatic rings. The Morgan fingerprint density at radius 3 is 2.17 bits per heavy atom. The molecule has 5 nitrogen and oxygen atoms in total. The fourth-order valence-corrected chi connectivity index (χ4v) is 2.82. The Morgan fingerprint density at radius 1 is 0.917 bits per heavy atom. The van der Waals surface area contributed by atoms with E-state index in [4.69, 9.17) is 0 Å². The summed E-state index contributed by atoms with van der Waals surface area (Å²) < 4.78 is 24.9. The van der Waals surface area contributed by atoms with Gasteiger partial charge in [-0.05, 0) is 23.6 Å². The molecule has 2 aromatic rings. The molecular weight excluding hydrogens is 324 g/mol. The maximum atomic E-state index is 11.9. The minimum atomic E-state index is -3.21. The quantitative estimate of drug-likeness (QED) is 0.718. The fourth-order valence-electron chi connectivity index (χ4n) is 2.20. The number of amides is 1. The van der Waals surface area contributed by atoms with E-state index in [0.717, 1.165) is 16.7 Å². The summed E-state index contributed by atoms with van der Waals surface area (Å²) >= 11 is 0. The highest BCUT2D eigenvalue weighted by atomic mass is 32.2. The molecule has 2 aromatic carbocycles. The van der Waals surface area contributed by atoms with E-state index in [9.17, 15) is 13.2 Å². The predicted molar refractivity (Wildman–Crippen MR) is 96.1 cm³/mol. The standard InChI is InChI=1S/C18H22N2O3S/c1-2-24(22,23)20-13-12-19-18(21)14-15-8-10-17(11-9-15)16-6-4-3-5-7-16/h3-11,20H,2,12-14H2,1H3,(H,19,21). The molecule has 2 rings (SSSR count). The van der Waals surface area contributed by atoms with Crippen LogP contribution in [0, 0.1) is 0 Å². The Balaban J connectivity index is 1.80. The van der Waals surface area contributed by atoms with Crippen LogP contribution in [0.1, 0.15) is 12.5 Å². The van der Waals surface area contributed by atoms with Gasteiger partial charge in [-0.3, -0.25) is 4.79 Å². The molecular formula is C18H22N2O3S. The topological polar surface area (TPSA) is 75.3 Å². The van der Waals surface area contributed by atoms with Gasteiger partial charge < -0.3 is 5.32 Å². The number of benzene rings is 2. The number of hydrogen-bond donors (Lipinski definition) is 2. The highest BCUT2D eigenvalue weighted by molar-refractivity contribution is 7.89. The molecule has 0 bridgehead atoms. The van der Waals surface area contributed by atoms with Gasteiger partial charge in [0.15, 0.2) is 0 Å². The van der Waals surface area contributed by atoms with Gasteiger partial charge in [0.2, 0.25) is 15.9 Å². The molecule has 0 spiro atoms. The fraction of sp³-hybridized carbons (Fsp3) is 0.278. The van der Waals surface area contributed by atoms with E-state index in [0.29, 0.717) is 0 Å². The summed E-state index contributed by atoms with van der Waals surface area (Å²) in [6, 6.07) is 17.9. The van der Waals surface area contributed by atoms with Gasteiger partial charge in [0.25, 0.3) is 0 Å². The molecule has 128 valence electrons. The summed E-state index contributed by atoms with van der Waals surface area (Å²) in [6.45, 7) is 2.05. The molecule has 0 unspecified atom stereocenters. The van der Waals surface area contributed by atoms with Gasteiger partial charge >= 0.3 is 0 Å². The highest BCUT2D eigenvalue weighted by Gasteiger charge is 2.07. The van der Waals surface area contributed by atoms with Crippen molar-refractivity contribution in [2.45, 2.75) is 13.3 Å². The van der Waals surface area contributed by atoms with Gasteiger partial charge in [-0.2, -0.15) is 0 Å². The third-order valence-corrected chi connectivity index (χ3v) is 4.98. The van der Waals surface area contributed by atoms with Crippen molar-refractivity contribution in [3.05, 3.63) is 60.2 Å². The minimum Gasteiger partial charge on any atom is -0.355 e. The maximum Gasteiger partial charge on any atom is 0.224 e. The van der Waals surface area contributed by atoms with E-state index in [1.165, 1.54) is 0 Å². The molecule has 6 heteroatoms. The van der Waals surface area contributed by atoms with Crippen LogP contribution in [0.15, 0.2) is 54.6 Å². The lowest BCUT2D eigenvalue weighted by Gasteiger charge is -2.07. The summed E-state index contributed by atoms with van der Waals surface area (Å²) in [5.41, 5.74) is 3.16. The number of rotatable bonds is 8. The number of sulfonamides is 1. The zero-order valence-corrected chi connectivity index (χ0v) is 14.5. The molecule has 2 N–H and O–H groups in total. The van der Waals surface area contributed by atoms with Crippen molar-refractivity contribution in [3.63, 3.8) is 0 Å². The van der Waals surface area contributed by atoms with Crippen molar-refractivity contribution in [1.29, 1.82) is 0 Å². The number of nitrogens with one attached hydrogen (secondary N) is 2. The molecule has 1 amide bonds. The number of carbonyl (C=O) groups excluding carboxylic acids is 1. The average Bonchev–Trinajstić information content (AvgIpc) is 2.60. The molecule has 0 saturated heterocycles. The third-order valence-electron chi connectivity index (χ3n) is 3.57. The molecule has 0 fully saturated rings. The van der Waals surface area contributed by atoms with Crippen molar-refractivity contribution >= 4 is 15.9 Å². The zero-order valence-electron chi connectivity index (χ0n) is 13.7. The van der Waals surface area contributed by atoms with Gasteiger partial charge in [-0.25, -0.2) is 13.1 Å². The van der Waals surface area contributed by atoms with Gasteiger partial charge in [-0.15, -0.1) is 0 Å². The Kier molecular flexibility index (Phi) is 6.52. The van der Waals surface area contributed by atoms with Crippen LogP contribution in [0.25, 0.3) is 11.1 Å². The lowest BCUT2D eigenvalue weighted by molar-refractivity contribution is -0.120. The molecule has 0 radical (unpaired) electrons. The van der Waals surface area contributed by atoms with Gasteiger partial charge in [-0.1, -0.05) is 54.6 Å². The van der Waals surface area contributed by atoms with E-state index < -0.39 is 10.0 Å². The first-order valence-corrected chi connectivity index (χ1v) is 9.54. The van der Waals surface area contributed by atoms with E-state index in [1.54, 1.807) is 6.92 Å².